The number of nitrogens with zero attached hydrogens (tertiary/aromatic N) is 4. The number of aliphatic carboxylic acids is 1. The number of rotatable bonds is 8. The van der Waals surface area contributed by atoms with Crippen molar-refractivity contribution >= 4 is 12.0 Å². The zero-order valence-electron chi connectivity index (χ0n) is 20.4. The number of hydrogen-bond donors (Lipinski definition) is 2. The first kappa shape index (κ1) is 28.1. The number of carboxylic acid groups (broad SMARTS) is 1. The minimum absolute atomic E-state index is 0. The molecule has 2 aromatic heterocycles. The number of carbonyl (C=O) groups is 1. The zero-order valence-corrected chi connectivity index (χ0v) is 22.4. The minimum Gasteiger partial charge on any atom is -0.550 e. The molecule has 0 saturated heterocycles. The maximum absolute atomic E-state index is 13.8. The van der Waals surface area contributed by atoms with E-state index in [4.69, 9.17) is 9.72 Å². The van der Waals surface area contributed by atoms with Crippen molar-refractivity contribution in [1.82, 2.24) is 19.7 Å². The summed E-state index contributed by atoms with van der Waals surface area (Å²) in [4.78, 5) is 19.9. The molecule has 0 amide bonds. The second kappa shape index (κ2) is 12.2. The number of aliphatic hydroxyl groups is 2. The van der Waals surface area contributed by atoms with E-state index < -0.39 is 24.6 Å². The molecule has 4 rings (SSSR count). The Morgan fingerprint density at radius 3 is 2.64 bits per heavy atom. The van der Waals surface area contributed by atoms with E-state index in [1.807, 2.05) is 13.8 Å². The second-order valence-electron chi connectivity index (χ2n) is 8.72. The van der Waals surface area contributed by atoms with Gasteiger partial charge in [-0.05, 0) is 23.6 Å². The number of carboxylic acids is 1. The Morgan fingerprint density at radius 1 is 1.25 bits per heavy atom. The molecule has 11 heteroatoms. The van der Waals surface area contributed by atoms with Crippen LogP contribution in [0.25, 0.3) is 23.0 Å². The first-order chi connectivity index (χ1) is 16.7. The SMILES string of the molecule is CC(C)c1nc2c(c(-c3ccc(F)cc3)c1/C=C/[C@@H](O)C[C@@H](O)CC(=O)[O-])COCc1ncnn1-2.[Na+]. The maximum Gasteiger partial charge on any atom is 1.00 e. The molecule has 0 bridgehead atoms. The molecule has 0 aliphatic carbocycles. The Labute approximate surface area is 230 Å². The number of benzene rings is 1. The monoisotopic (exact) mass is 504 g/mol. The molecular weight excluding hydrogens is 478 g/mol. The van der Waals surface area contributed by atoms with Gasteiger partial charge in [0.05, 0.1) is 24.5 Å². The van der Waals surface area contributed by atoms with Crippen molar-refractivity contribution in [1.29, 1.82) is 0 Å². The third-order valence-corrected chi connectivity index (χ3v) is 5.72. The van der Waals surface area contributed by atoms with Crippen molar-refractivity contribution in [2.45, 2.75) is 58.0 Å². The van der Waals surface area contributed by atoms with Crippen LogP contribution in [-0.2, 0) is 22.7 Å². The van der Waals surface area contributed by atoms with Crippen molar-refractivity contribution < 1.29 is 58.8 Å². The molecule has 3 heterocycles. The van der Waals surface area contributed by atoms with Crippen LogP contribution >= 0.6 is 0 Å². The molecule has 3 aromatic rings. The van der Waals surface area contributed by atoms with E-state index in [0.29, 0.717) is 22.9 Å². The zero-order chi connectivity index (χ0) is 25.1. The summed E-state index contributed by atoms with van der Waals surface area (Å²) < 4.78 is 21.3. The van der Waals surface area contributed by atoms with E-state index in [9.17, 15) is 24.5 Å². The molecule has 1 aliphatic rings. The van der Waals surface area contributed by atoms with Crippen molar-refractivity contribution in [3.05, 3.63) is 65.1 Å². The van der Waals surface area contributed by atoms with Gasteiger partial charge in [0.15, 0.2) is 11.6 Å². The van der Waals surface area contributed by atoms with Gasteiger partial charge >= 0.3 is 29.6 Å². The summed E-state index contributed by atoms with van der Waals surface area (Å²) in [6, 6.07) is 6.07. The van der Waals surface area contributed by atoms with Gasteiger partial charge in [-0.1, -0.05) is 38.1 Å². The fraction of sp³-hybridized carbons (Fsp3) is 0.360. The van der Waals surface area contributed by atoms with Gasteiger partial charge in [-0.15, -0.1) is 0 Å². The normalized spacial score (nSPS) is 14.6. The number of halogens is 1. The van der Waals surface area contributed by atoms with Crippen LogP contribution in [0.5, 0.6) is 0 Å². The molecule has 0 spiro atoms. The fourth-order valence-corrected chi connectivity index (χ4v) is 4.14. The molecular formula is C25H26FN4NaO5. The smallest absolute Gasteiger partial charge is 0.550 e. The summed E-state index contributed by atoms with van der Waals surface area (Å²) in [5, 5.41) is 35.3. The number of carbonyl (C=O) groups excluding carboxylic acids is 1. The van der Waals surface area contributed by atoms with Gasteiger partial charge in [0, 0.05) is 35.5 Å². The third kappa shape index (κ3) is 6.26. The third-order valence-electron chi connectivity index (χ3n) is 5.72. The number of ether oxygens (including phenoxy) is 1. The van der Waals surface area contributed by atoms with Crippen LogP contribution in [0.1, 0.15) is 55.3 Å². The molecule has 1 aliphatic heterocycles. The van der Waals surface area contributed by atoms with Crippen LogP contribution in [0.3, 0.4) is 0 Å². The van der Waals surface area contributed by atoms with Gasteiger partial charge in [-0.25, -0.2) is 14.4 Å². The topological polar surface area (TPSA) is 133 Å². The van der Waals surface area contributed by atoms with Crippen molar-refractivity contribution in [2.75, 3.05) is 0 Å². The molecule has 184 valence electrons. The second-order valence-corrected chi connectivity index (χ2v) is 8.72. The van der Waals surface area contributed by atoms with Gasteiger partial charge in [-0.2, -0.15) is 9.78 Å². The first-order valence-electron chi connectivity index (χ1n) is 11.3. The Bertz CT molecular complexity index is 1250. The summed E-state index contributed by atoms with van der Waals surface area (Å²) in [5.74, 6) is -0.619. The molecule has 36 heavy (non-hydrogen) atoms. The molecule has 1 aromatic carbocycles. The minimum atomic E-state index is -1.39. The van der Waals surface area contributed by atoms with Crippen LogP contribution in [-0.4, -0.2) is 48.1 Å². The largest absolute Gasteiger partial charge is 1.00 e. The summed E-state index contributed by atoms with van der Waals surface area (Å²) >= 11 is 0. The molecule has 2 atom stereocenters. The average Bonchev–Trinajstić information content (AvgIpc) is 3.18. The van der Waals surface area contributed by atoms with Crippen LogP contribution in [0, 0.1) is 5.82 Å². The van der Waals surface area contributed by atoms with Crippen LogP contribution in [0.2, 0.25) is 0 Å². The van der Waals surface area contributed by atoms with E-state index in [1.54, 1.807) is 22.9 Å². The number of hydrogen-bond acceptors (Lipinski definition) is 8. The summed E-state index contributed by atoms with van der Waals surface area (Å²) in [7, 11) is 0. The Hall–Kier alpha value is -2.47. The fourth-order valence-electron chi connectivity index (χ4n) is 4.14. The molecule has 9 nitrogen and oxygen atoms in total. The predicted octanol–water partition coefficient (Wildman–Crippen LogP) is -1.11. The van der Waals surface area contributed by atoms with Gasteiger partial charge < -0.3 is 24.9 Å². The van der Waals surface area contributed by atoms with Crippen LogP contribution < -0.4 is 34.7 Å². The average molecular weight is 504 g/mol. The molecule has 0 radical (unpaired) electrons. The van der Waals surface area contributed by atoms with Crippen molar-refractivity contribution in [3.63, 3.8) is 0 Å². The Morgan fingerprint density at radius 2 is 1.97 bits per heavy atom. The Balaban J connectivity index is 0.00000361. The van der Waals surface area contributed by atoms with Crippen LogP contribution in [0.15, 0.2) is 36.7 Å². The van der Waals surface area contributed by atoms with Crippen LogP contribution in [0.4, 0.5) is 4.39 Å². The summed E-state index contributed by atoms with van der Waals surface area (Å²) in [5.41, 5.74) is 3.62. The van der Waals surface area contributed by atoms with E-state index in [0.717, 1.165) is 16.7 Å². The maximum atomic E-state index is 13.8. The Kier molecular flexibility index (Phi) is 9.51. The van der Waals surface area contributed by atoms with Gasteiger partial charge in [-0.3, -0.25) is 0 Å². The summed E-state index contributed by atoms with van der Waals surface area (Å²) in [6.45, 7) is 4.43. The molecule has 0 unspecified atom stereocenters. The van der Waals surface area contributed by atoms with E-state index >= 15 is 0 Å². The quantitative estimate of drug-likeness (QED) is 0.369. The number of fused-ring (bicyclic) bond motifs is 3. The predicted molar refractivity (Wildman–Crippen MR) is 122 cm³/mol. The van der Waals surface area contributed by atoms with Gasteiger partial charge in [0.1, 0.15) is 18.8 Å². The molecule has 2 N–H and O–H groups in total. The van der Waals surface area contributed by atoms with E-state index in [2.05, 4.69) is 10.1 Å². The van der Waals surface area contributed by atoms with Crippen molar-refractivity contribution in [2.24, 2.45) is 0 Å². The van der Waals surface area contributed by atoms with Gasteiger partial charge in [0.2, 0.25) is 0 Å². The van der Waals surface area contributed by atoms with E-state index in [-0.39, 0.29) is 60.9 Å². The van der Waals surface area contributed by atoms with Crippen molar-refractivity contribution in [3.8, 4) is 16.9 Å². The summed E-state index contributed by atoms with van der Waals surface area (Å²) in [6.07, 6.45) is 1.53. The number of aromatic nitrogens is 4. The van der Waals surface area contributed by atoms with Gasteiger partial charge in [0.25, 0.3) is 0 Å². The number of aliphatic hydroxyl groups excluding tert-OH is 2. The molecule has 0 saturated carbocycles. The number of pyridine rings is 1. The molecule has 0 fully saturated rings. The van der Waals surface area contributed by atoms with E-state index in [1.165, 1.54) is 24.5 Å². The first-order valence-corrected chi connectivity index (χ1v) is 11.3. The standard InChI is InChI=1S/C25H27FN4O5.Na/c1-14(2)24-19(8-7-17(31)9-18(32)10-22(33)34)23(15-3-5-16(26)6-4-15)20-11-35-12-21-27-13-28-30(21)25(20)29-24;/h3-8,13-14,17-18,31-32H,9-12H2,1-2H3,(H,33,34);/q;+1/p-1/b8-7+;/t17-,18-;/m1./s1.